The Morgan fingerprint density at radius 3 is 2.20 bits per heavy atom. The number of hydrogen-bond donors (Lipinski definition) is 1. The van der Waals surface area contributed by atoms with Crippen molar-refractivity contribution in [3.05, 3.63) is 59.7 Å². The molecule has 1 aliphatic rings. The summed E-state index contributed by atoms with van der Waals surface area (Å²) in [6.07, 6.45) is 2.29. The molecular weight excluding hydrogens is 380 g/mol. The lowest BCUT2D eigenvalue weighted by atomic mass is 10.0. The van der Waals surface area contributed by atoms with Gasteiger partial charge in [0.2, 0.25) is 5.91 Å². The van der Waals surface area contributed by atoms with Crippen LogP contribution in [0.1, 0.15) is 60.7 Å². The Labute approximate surface area is 177 Å². The lowest BCUT2D eigenvalue weighted by Crippen LogP contribution is -2.48. The summed E-state index contributed by atoms with van der Waals surface area (Å²) >= 11 is 0. The molecule has 1 heterocycles. The Kier molecular flexibility index (Phi) is 6.87. The fraction of sp³-hybridized carbons (Fsp3) is 0.375. The van der Waals surface area contributed by atoms with Crippen LogP contribution in [0.3, 0.4) is 0 Å². The molecule has 0 radical (unpaired) electrons. The number of rotatable bonds is 9. The predicted molar refractivity (Wildman–Crippen MR) is 116 cm³/mol. The Morgan fingerprint density at radius 2 is 1.60 bits per heavy atom. The SMILES string of the molecule is CCCCOc1ccccc1NC(=O)[C@@H](CC(C)C)N1C(=O)c2ccccc2C1=O. The maximum Gasteiger partial charge on any atom is 0.262 e. The molecule has 0 saturated heterocycles. The first-order valence-corrected chi connectivity index (χ1v) is 10.4. The van der Waals surface area contributed by atoms with Gasteiger partial charge in [0.1, 0.15) is 11.8 Å². The Balaban J connectivity index is 1.85. The fourth-order valence-electron chi connectivity index (χ4n) is 3.51. The molecule has 0 unspecified atom stereocenters. The topological polar surface area (TPSA) is 75.7 Å². The van der Waals surface area contributed by atoms with Crippen LogP contribution in [0, 0.1) is 5.92 Å². The molecular formula is C24H28N2O4. The van der Waals surface area contributed by atoms with Crippen molar-refractivity contribution >= 4 is 23.4 Å². The van der Waals surface area contributed by atoms with Crippen molar-refractivity contribution in [2.75, 3.05) is 11.9 Å². The maximum absolute atomic E-state index is 13.2. The van der Waals surface area contributed by atoms with Crippen molar-refractivity contribution in [3.8, 4) is 5.75 Å². The van der Waals surface area contributed by atoms with Crippen LogP contribution in [-0.4, -0.2) is 35.3 Å². The van der Waals surface area contributed by atoms with Crippen molar-refractivity contribution in [1.82, 2.24) is 4.90 Å². The lowest BCUT2D eigenvalue weighted by Gasteiger charge is -2.27. The van der Waals surface area contributed by atoms with Gasteiger partial charge in [-0.2, -0.15) is 0 Å². The highest BCUT2D eigenvalue weighted by Gasteiger charge is 2.42. The fourth-order valence-corrected chi connectivity index (χ4v) is 3.51. The number of hydrogen-bond acceptors (Lipinski definition) is 4. The minimum atomic E-state index is -0.902. The molecule has 3 amide bonds. The number of fused-ring (bicyclic) bond motifs is 1. The van der Waals surface area contributed by atoms with E-state index >= 15 is 0 Å². The van der Waals surface area contributed by atoms with E-state index in [1.165, 1.54) is 0 Å². The number of nitrogens with one attached hydrogen (secondary N) is 1. The summed E-state index contributed by atoms with van der Waals surface area (Å²) < 4.78 is 5.80. The van der Waals surface area contributed by atoms with Gasteiger partial charge in [-0.15, -0.1) is 0 Å². The van der Waals surface area contributed by atoms with Gasteiger partial charge < -0.3 is 10.1 Å². The molecule has 2 aromatic rings. The summed E-state index contributed by atoms with van der Waals surface area (Å²) in [7, 11) is 0. The number of para-hydroxylation sites is 2. The van der Waals surface area contributed by atoms with Crippen molar-refractivity contribution in [1.29, 1.82) is 0 Å². The third-order valence-corrected chi connectivity index (χ3v) is 5.03. The van der Waals surface area contributed by atoms with Gasteiger partial charge in [0, 0.05) is 0 Å². The first-order valence-electron chi connectivity index (χ1n) is 10.4. The monoisotopic (exact) mass is 408 g/mol. The number of benzene rings is 2. The minimum absolute atomic E-state index is 0.112. The molecule has 30 heavy (non-hydrogen) atoms. The molecule has 3 rings (SSSR count). The predicted octanol–water partition coefficient (Wildman–Crippen LogP) is 4.51. The molecule has 1 N–H and O–H groups in total. The maximum atomic E-state index is 13.2. The molecule has 0 spiro atoms. The van der Waals surface area contributed by atoms with E-state index in [-0.39, 0.29) is 5.92 Å². The second-order valence-corrected chi connectivity index (χ2v) is 7.86. The third kappa shape index (κ3) is 4.53. The van der Waals surface area contributed by atoms with Crippen LogP contribution in [0.5, 0.6) is 5.75 Å². The van der Waals surface area contributed by atoms with Crippen molar-refractivity contribution in [2.45, 2.75) is 46.1 Å². The van der Waals surface area contributed by atoms with Gasteiger partial charge in [-0.3, -0.25) is 19.3 Å². The van der Waals surface area contributed by atoms with Gasteiger partial charge in [0.25, 0.3) is 11.8 Å². The molecule has 0 fully saturated rings. The number of unbranched alkanes of at least 4 members (excludes halogenated alkanes) is 1. The molecule has 0 aromatic heterocycles. The zero-order valence-electron chi connectivity index (χ0n) is 17.7. The van der Waals surface area contributed by atoms with Gasteiger partial charge in [-0.1, -0.05) is 51.5 Å². The zero-order chi connectivity index (χ0) is 21.7. The molecule has 0 saturated carbocycles. The highest BCUT2D eigenvalue weighted by molar-refractivity contribution is 6.23. The molecule has 2 aromatic carbocycles. The van der Waals surface area contributed by atoms with Crippen LogP contribution in [0.4, 0.5) is 5.69 Å². The number of ether oxygens (including phenoxy) is 1. The lowest BCUT2D eigenvalue weighted by molar-refractivity contribution is -0.120. The Hall–Kier alpha value is -3.15. The van der Waals surface area contributed by atoms with E-state index in [0.717, 1.165) is 17.7 Å². The zero-order valence-corrected chi connectivity index (χ0v) is 17.7. The van der Waals surface area contributed by atoms with Crippen LogP contribution in [-0.2, 0) is 4.79 Å². The quantitative estimate of drug-likeness (QED) is 0.489. The molecule has 1 atom stereocenters. The van der Waals surface area contributed by atoms with Gasteiger partial charge in [0.15, 0.2) is 0 Å². The minimum Gasteiger partial charge on any atom is -0.491 e. The number of nitrogens with zero attached hydrogens (tertiary/aromatic N) is 1. The van der Waals surface area contributed by atoms with Crippen LogP contribution < -0.4 is 10.1 Å². The Bertz CT molecular complexity index is 903. The Morgan fingerprint density at radius 1 is 1.00 bits per heavy atom. The molecule has 0 bridgehead atoms. The molecule has 6 nitrogen and oxygen atoms in total. The third-order valence-electron chi connectivity index (χ3n) is 5.03. The molecule has 158 valence electrons. The number of imide groups is 1. The van der Waals surface area contributed by atoms with E-state index in [0.29, 0.717) is 35.6 Å². The van der Waals surface area contributed by atoms with E-state index in [1.54, 1.807) is 36.4 Å². The average molecular weight is 408 g/mol. The summed E-state index contributed by atoms with van der Waals surface area (Å²) in [4.78, 5) is 40.2. The summed E-state index contributed by atoms with van der Waals surface area (Å²) in [6.45, 7) is 6.55. The van der Waals surface area contributed by atoms with E-state index in [4.69, 9.17) is 4.74 Å². The van der Waals surface area contributed by atoms with E-state index in [1.807, 2.05) is 26.0 Å². The highest BCUT2D eigenvalue weighted by atomic mass is 16.5. The standard InChI is InChI=1S/C24H28N2O4/c1-4-5-14-30-21-13-9-8-12-19(21)25-22(27)20(15-16(2)3)26-23(28)17-10-6-7-11-18(17)24(26)29/h6-13,16,20H,4-5,14-15H2,1-3H3,(H,25,27)/t20-/m1/s1. The summed E-state index contributed by atoms with van der Waals surface area (Å²) in [5, 5.41) is 2.88. The average Bonchev–Trinajstić information content (AvgIpc) is 2.98. The first kappa shape index (κ1) is 21.6. The molecule has 0 aliphatic carbocycles. The summed E-state index contributed by atoms with van der Waals surface area (Å²) in [5.41, 5.74) is 1.21. The van der Waals surface area contributed by atoms with Crippen molar-refractivity contribution in [3.63, 3.8) is 0 Å². The smallest absolute Gasteiger partial charge is 0.262 e. The largest absolute Gasteiger partial charge is 0.491 e. The van der Waals surface area contributed by atoms with Crippen LogP contribution in [0.15, 0.2) is 48.5 Å². The first-order chi connectivity index (χ1) is 14.4. The summed E-state index contributed by atoms with van der Waals surface area (Å²) in [6, 6.07) is 13.0. The highest BCUT2D eigenvalue weighted by Crippen LogP contribution is 2.29. The van der Waals surface area contributed by atoms with Crippen LogP contribution in [0.25, 0.3) is 0 Å². The second-order valence-electron chi connectivity index (χ2n) is 7.86. The van der Waals surface area contributed by atoms with E-state index in [9.17, 15) is 14.4 Å². The molecule has 6 heteroatoms. The molecule has 1 aliphatic heterocycles. The normalized spacial score (nSPS) is 14.1. The summed E-state index contributed by atoms with van der Waals surface area (Å²) in [5.74, 6) is -0.566. The van der Waals surface area contributed by atoms with Crippen LogP contribution in [0.2, 0.25) is 0 Å². The van der Waals surface area contributed by atoms with E-state index in [2.05, 4.69) is 12.2 Å². The van der Waals surface area contributed by atoms with Crippen molar-refractivity contribution in [2.24, 2.45) is 5.92 Å². The van der Waals surface area contributed by atoms with E-state index < -0.39 is 23.8 Å². The van der Waals surface area contributed by atoms with Crippen LogP contribution >= 0.6 is 0 Å². The van der Waals surface area contributed by atoms with Gasteiger partial charge in [-0.25, -0.2) is 0 Å². The van der Waals surface area contributed by atoms with Gasteiger partial charge >= 0.3 is 0 Å². The number of anilines is 1. The van der Waals surface area contributed by atoms with Crippen molar-refractivity contribution < 1.29 is 19.1 Å². The number of carbonyl (C=O) groups excluding carboxylic acids is 3. The number of carbonyl (C=O) groups is 3. The van der Waals surface area contributed by atoms with Gasteiger partial charge in [0.05, 0.1) is 23.4 Å². The van der Waals surface area contributed by atoms with Gasteiger partial charge in [-0.05, 0) is 43.0 Å². The second kappa shape index (κ2) is 9.57. The number of amides is 3.